The van der Waals surface area contributed by atoms with E-state index in [0.717, 1.165) is 32.7 Å². The van der Waals surface area contributed by atoms with Crippen LogP contribution >= 0.6 is 11.6 Å². The van der Waals surface area contributed by atoms with Crippen LogP contribution in [0.1, 0.15) is 5.56 Å². The number of aromatic nitrogens is 3. The van der Waals surface area contributed by atoms with Crippen LogP contribution in [0.2, 0.25) is 5.02 Å². The van der Waals surface area contributed by atoms with Gasteiger partial charge in [0, 0.05) is 35.3 Å². The molecule has 0 aliphatic rings. The molecule has 0 fully saturated rings. The molecule has 3 aromatic rings. The number of nitrogens with zero attached hydrogens (tertiary/aromatic N) is 2. The number of hydrogen-bond donors (Lipinski definition) is 2. The van der Waals surface area contributed by atoms with Crippen LogP contribution in [0, 0.1) is 6.92 Å². The van der Waals surface area contributed by atoms with Crippen molar-refractivity contribution in [2.24, 2.45) is 7.05 Å². The molecule has 0 radical (unpaired) electrons. The lowest BCUT2D eigenvalue weighted by Crippen LogP contribution is -1.87. The second-order valence-corrected chi connectivity index (χ2v) is 4.84. The first-order chi connectivity index (χ1) is 8.58. The number of rotatable bonds is 1. The summed E-state index contributed by atoms with van der Waals surface area (Å²) in [4.78, 5) is 0. The van der Waals surface area contributed by atoms with Gasteiger partial charge in [-0.15, -0.1) is 0 Å². The molecule has 0 atom stereocenters. The zero-order valence-corrected chi connectivity index (χ0v) is 10.9. The number of aryl methyl sites for hydroxylation is 2. The Bertz CT molecular complexity index is 739. The van der Waals surface area contributed by atoms with E-state index in [1.165, 1.54) is 0 Å². The number of nitrogens with two attached hydrogens (primary N) is 1. The SMILES string of the molecule is Cc1c(Cl)ccc2c(-c3cc(N)n[nH]3)cn(C)c12. The second kappa shape index (κ2) is 3.78. The van der Waals surface area contributed by atoms with Gasteiger partial charge >= 0.3 is 0 Å². The minimum Gasteiger partial charge on any atom is -0.382 e. The van der Waals surface area contributed by atoms with Gasteiger partial charge in [0.2, 0.25) is 0 Å². The highest BCUT2D eigenvalue weighted by molar-refractivity contribution is 6.32. The third kappa shape index (κ3) is 1.49. The van der Waals surface area contributed by atoms with Crippen molar-refractivity contribution >= 4 is 28.3 Å². The Balaban J connectivity index is 2.36. The summed E-state index contributed by atoms with van der Waals surface area (Å²) >= 11 is 6.17. The Kier molecular flexibility index (Phi) is 2.35. The summed E-state index contributed by atoms with van der Waals surface area (Å²) in [5.74, 6) is 0.493. The lowest BCUT2D eigenvalue weighted by molar-refractivity contribution is 0.964. The summed E-state index contributed by atoms with van der Waals surface area (Å²) in [7, 11) is 2.01. The van der Waals surface area contributed by atoms with Crippen molar-refractivity contribution < 1.29 is 0 Å². The van der Waals surface area contributed by atoms with Gasteiger partial charge < -0.3 is 10.3 Å². The number of benzene rings is 1. The average molecular weight is 261 g/mol. The molecule has 3 rings (SSSR count). The predicted molar refractivity (Wildman–Crippen MR) is 74.7 cm³/mol. The van der Waals surface area contributed by atoms with E-state index in [2.05, 4.69) is 21.0 Å². The lowest BCUT2D eigenvalue weighted by Gasteiger charge is -2.03. The first-order valence-electron chi connectivity index (χ1n) is 5.63. The number of halogens is 1. The molecular formula is C13H13ClN4. The molecule has 0 saturated carbocycles. The van der Waals surface area contributed by atoms with Crippen LogP contribution in [0.15, 0.2) is 24.4 Å². The molecule has 0 saturated heterocycles. The summed E-state index contributed by atoms with van der Waals surface area (Å²) in [5, 5.41) is 8.83. The number of H-pyrrole nitrogens is 1. The van der Waals surface area contributed by atoms with Crippen LogP contribution in [0.4, 0.5) is 5.82 Å². The summed E-state index contributed by atoms with van der Waals surface area (Å²) in [6.07, 6.45) is 2.06. The lowest BCUT2D eigenvalue weighted by atomic mass is 10.1. The van der Waals surface area contributed by atoms with Crippen LogP contribution in [0.3, 0.4) is 0 Å². The number of aromatic amines is 1. The molecule has 0 unspecified atom stereocenters. The van der Waals surface area contributed by atoms with Gasteiger partial charge in [-0.05, 0) is 18.6 Å². The van der Waals surface area contributed by atoms with Crippen molar-refractivity contribution in [1.29, 1.82) is 0 Å². The minimum absolute atomic E-state index is 0.493. The molecule has 2 aromatic heterocycles. The maximum Gasteiger partial charge on any atom is 0.145 e. The molecule has 0 amide bonds. The quantitative estimate of drug-likeness (QED) is 0.706. The fraction of sp³-hybridized carbons (Fsp3) is 0.154. The molecule has 0 spiro atoms. The Hall–Kier alpha value is -1.94. The molecular weight excluding hydrogens is 248 g/mol. The molecule has 1 aromatic carbocycles. The van der Waals surface area contributed by atoms with Gasteiger partial charge in [-0.3, -0.25) is 5.10 Å². The number of nitrogen functional groups attached to an aromatic ring is 1. The third-order valence-electron chi connectivity index (χ3n) is 3.22. The van der Waals surface area contributed by atoms with Gasteiger partial charge in [0.25, 0.3) is 0 Å². The van der Waals surface area contributed by atoms with E-state index < -0.39 is 0 Å². The highest BCUT2D eigenvalue weighted by Gasteiger charge is 2.13. The number of anilines is 1. The van der Waals surface area contributed by atoms with E-state index in [0.29, 0.717) is 5.82 Å². The van der Waals surface area contributed by atoms with Crippen molar-refractivity contribution in [3.05, 3.63) is 35.0 Å². The maximum atomic E-state index is 6.17. The second-order valence-electron chi connectivity index (χ2n) is 4.43. The molecule has 5 heteroatoms. The number of nitrogens with one attached hydrogen (secondary N) is 1. The van der Waals surface area contributed by atoms with Crippen molar-refractivity contribution in [2.75, 3.05) is 5.73 Å². The topological polar surface area (TPSA) is 59.6 Å². The first-order valence-corrected chi connectivity index (χ1v) is 6.01. The van der Waals surface area contributed by atoms with Gasteiger partial charge in [0.1, 0.15) is 5.82 Å². The maximum absolute atomic E-state index is 6.17. The summed E-state index contributed by atoms with van der Waals surface area (Å²) in [5.41, 5.74) is 9.86. The van der Waals surface area contributed by atoms with Crippen LogP contribution in [-0.2, 0) is 7.05 Å². The zero-order valence-electron chi connectivity index (χ0n) is 10.2. The third-order valence-corrected chi connectivity index (χ3v) is 3.63. The Morgan fingerprint density at radius 1 is 1.39 bits per heavy atom. The highest BCUT2D eigenvalue weighted by atomic mass is 35.5. The smallest absolute Gasteiger partial charge is 0.145 e. The van der Waals surface area contributed by atoms with Gasteiger partial charge in [-0.2, -0.15) is 5.10 Å². The normalized spacial score (nSPS) is 11.3. The van der Waals surface area contributed by atoms with E-state index in [1.54, 1.807) is 0 Å². The van der Waals surface area contributed by atoms with Gasteiger partial charge in [0.15, 0.2) is 0 Å². The van der Waals surface area contributed by atoms with Crippen molar-refractivity contribution in [3.8, 4) is 11.3 Å². The van der Waals surface area contributed by atoms with Crippen molar-refractivity contribution in [3.63, 3.8) is 0 Å². The predicted octanol–water partition coefficient (Wildman–Crippen LogP) is 3.11. The fourth-order valence-electron chi connectivity index (χ4n) is 2.36. The number of fused-ring (bicyclic) bond motifs is 1. The molecule has 3 N–H and O–H groups in total. The fourth-order valence-corrected chi connectivity index (χ4v) is 2.52. The van der Waals surface area contributed by atoms with Crippen LogP contribution in [0.25, 0.3) is 22.2 Å². The van der Waals surface area contributed by atoms with E-state index in [4.69, 9.17) is 17.3 Å². The molecule has 4 nitrogen and oxygen atoms in total. The molecule has 18 heavy (non-hydrogen) atoms. The van der Waals surface area contributed by atoms with E-state index in [1.807, 2.05) is 32.2 Å². The molecule has 92 valence electrons. The Morgan fingerprint density at radius 3 is 2.83 bits per heavy atom. The van der Waals surface area contributed by atoms with E-state index in [-0.39, 0.29) is 0 Å². The largest absolute Gasteiger partial charge is 0.382 e. The summed E-state index contributed by atoms with van der Waals surface area (Å²) in [6, 6.07) is 5.78. The average Bonchev–Trinajstić information content (AvgIpc) is 2.88. The van der Waals surface area contributed by atoms with Crippen molar-refractivity contribution in [1.82, 2.24) is 14.8 Å². The summed E-state index contributed by atoms with van der Waals surface area (Å²) in [6.45, 7) is 2.02. The van der Waals surface area contributed by atoms with Crippen LogP contribution < -0.4 is 5.73 Å². The van der Waals surface area contributed by atoms with Crippen LogP contribution in [0.5, 0.6) is 0 Å². The zero-order chi connectivity index (χ0) is 12.9. The highest BCUT2D eigenvalue weighted by Crippen LogP contribution is 2.33. The molecule has 0 aliphatic heterocycles. The summed E-state index contributed by atoms with van der Waals surface area (Å²) < 4.78 is 2.07. The monoisotopic (exact) mass is 260 g/mol. The minimum atomic E-state index is 0.493. The van der Waals surface area contributed by atoms with Gasteiger partial charge in [-0.1, -0.05) is 17.7 Å². The Labute approximate surface area is 109 Å². The van der Waals surface area contributed by atoms with Crippen LogP contribution in [-0.4, -0.2) is 14.8 Å². The van der Waals surface area contributed by atoms with E-state index >= 15 is 0 Å². The first kappa shape index (κ1) is 11.2. The molecule has 2 heterocycles. The molecule has 0 aliphatic carbocycles. The van der Waals surface area contributed by atoms with Gasteiger partial charge in [0.05, 0.1) is 11.2 Å². The Morgan fingerprint density at radius 2 is 2.17 bits per heavy atom. The molecule has 0 bridgehead atoms. The van der Waals surface area contributed by atoms with Gasteiger partial charge in [-0.25, -0.2) is 0 Å². The van der Waals surface area contributed by atoms with Crippen molar-refractivity contribution in [2.45, 2.75) is 6.92 Å². The standard InChI is InChI=1S/C13H13ClN4/c1-7-10(14)4-3-8-9(6-18(2)13(7)8)11-5-12(15)17-16-11/h3-6H,1-2H3,(H3,15,16,17). The van der Waals surface area contributed by atoms with E-state index in [9.17, 15) is 0 Å². The number of hydrogen-bond acceptors (Lipinski definition) is 2.